The van der Waals surface area contributed by atoms with Gasteiger partial charge in [-0.05, 0) is 25.1 Å². The van der Waals surface area contributed by atoms with Gasteiger partial charge in [0.05, 0.1) is 11.6 Å². The number of halogens is 1. The molecule has 1 N–H and O–H groups in total. The Kier molecular flexibility index (Phi) is 5.00. The molecule has 0 aliphatic carbocycles. The number of nitrogens with zero attached hydrogens (tertiary/aromatic N) is 1. The average molecular weight is 308 g/mol. The van der Waals surface area contributed by atoms with Crippen LogP contribution in [-0.4, -0.2) is 22.7 Å². The molecular formula is C15H14ClNO4. The van der Waals surface area contributed by atoms with Crippen LogP contribution >= 0.6 is 11.6 Å². The molecular weight excluding hydrogens is 294 g/mol. The van der Waals surface area contributed by atoms with Gasteiger partial charge in [-0.3, -0.25) is 4.98 Å². The predicted octanol–water partition coefficient (Wildman–Crippen LogP) is 3.41. The van der Waals surface area contributed by atoms with Gasteiger partial charge in [-0.1, -0.05) is 17.7 Å². The smallest absolute Gasteiger partial charge is 0.339 e. The molecule has 0 amide bonds. The molecule has 0 radical (unpaired) electrons. The summed E-state index contributed by atoms with van der Waals surface area (Å²) in [6, 6.07) is 6.46. The third kappa shape index (κ3) is 3.64. The van der Waals surface area contributed by atoms with Crippen LogP contribution in [0.4, 0.5) is 0 Å². The number of pyridine rings is 1. The molecule has 21 heavy (non-hydrogen) atoms. The lowest BCUT2D eigenvalue weighted by molar-refractivity contribution is 0.0690. The quantitative estimate of drug-likeness (QED) is 0.885. The highest BCUT2D eigenvalue weighted by Gasteiger charge is 2.17. The number of hydrogen-bond acceptors (Lipinski definition) is 4. The molecule has 1 aromatic heterocycles. The number of para-hydroxylation sites is 1. The molecule has 0 fully saturated rings. The predicted molar refractivity (Wildman–Crippen MR) is 78.1 cm³/mol. The molecule has 1 heterocycles. The van der Waals surface area contributed by atoms with E-state index in [-0.39, 0.29) is 17.9 Å². The summed E-state index contributed by atoms with van der Waals surface area (Å²) in [6.07, 6.45) is 3.10. The van der Waals surface area contributed by atoms with Gasteiger partial charge in [-0.25, -0.2) is 4.79 Å². The highest BCUT2D eigenvalue weighted by Crippen LogP contribution is 2.32. The first kappa shape index (κ1) is 15.1. The Balaban J connectivity index is 2.29. The summed E-state index contributed by atoms with van der Waals surface area (Å²) in [5.41, 5.74) is 0.764. The van der Waals surface area contributed by atoms with Gasteiger partial charge in [0.15, 0.2) is 11.5 Å². The number of carboxylic acid groups (broad SMARTS) is 1. The lowest BCUT2D eigenvalue weighted by Gasteiger charge is -2.14. The van der Waals surface area contributed by atoms with Gasteiger partial charge < -0.3 is 14.6 Å². The van der Waals surface area contributed by atoms with Crippen LogP contribution in [0.2, 0.25) is 5.02 Å². The number of rotatable bonds is 6. The van der Waals surface area contributed by atoms with Crippen molar-refractivity contribution in [2.24, 2.45) is 0 Å². The Hall–Kier alpha value is -2.27. The Morgan fingerprint density at radius 2 is 2.14 bits per heavy atom. The minimum atomic E-state index is -1.08. The van der Waals surface area contributed by atoms with E-state index < -0.39 is 5.97 Å². The van der Waals surface area contributed by atoms with E-state index in [0.29, 0.717) is 22.9 Å². The van der Waals surface area contributed by atoms with Gasteiger partial charge in [-0.2, -0.15) is 0 Å². The third-order valence-electron chi connectivity index (χ3n) is 2.74. The largest absolute Gasteiger partial charge is 0.490 e. The van der Waals surface area contributed by atoms with Crippen LogP contribution in [0.25, 0.3) is 0 Å². The maximum Gasteiger partial charge on any atom is 0.339 e. The van der Waals surface area contributed by atoms with Crippen LogP contribution in [0.5, 0.6) is 11.5 Å². The molecule has 110 valence electrons. The monoisotopic (exact) mass is 307 g/mol. The van der Waals surface area contributed by atoms with E-state index in [4.69, 9.17) is 21.1 Å². The molecule has 0 spiro atoms. The topological polar surface area (TPSA) is 68.7 Å². The zero-order chi connectivity index (χ0) is 15.2. The summed E-state index contributed by atoms with van der Waals surface area (Å²) >= 11 is 6.00. The van der Waals surface area contributed by atoms with Crippen molar-refractivity contribution in [3.8, 4) is 11.5 Å². The highest BCUT2D eigenvalue weighted by atomic mass is 35.5. The Morgan fingerprint density at radius 3 is 2.81 bits per heavy atom. The molecule has 0 bridgehead atoms. The molecule has 0 saturated carbocycles. The summed E-state index contributed by atoms with van der Waals surface area (Å²) in [4.78, 5) is 15.2. The molecule has 6 heteroatoms. The number of benzene rings is 1. The second-order valence-electron chi connectivity index (χ2n) is 4.13. The fourth-order valence-electron chi connectivity index (χ4n) is 1.77. The molecule has 0 atom stereocenters. The van der Waals surface area contributed by atoms with E-state index in [1.54, 1.807) is 24.4 Å². The Labute approximate surface area is 127 Å². The number of carboxylic acids is 1. The normalized spacial score (nSPS) is 10.2. The van der Waals surface area contributed by atoms with E-state index in [1.807, 2.05) is 6.92 Å². The van der Waals surface area contributed by atoms with Crippen LogP contribution in [0.3, 0.4) is 0 Å². The second kappa shape index (κ2) is 6.95. The lowest BCUT2D eigenvalue weighted by atomic mass is 10.2. The summed E-state index contributed by atoms with van der Waals surface area (Å²) < 4.78 is 11.0. The minimum Gasteiger partial charge on any atom is -0.490 e. The van der Waals surface area contributed by atoms with Crippen molar-refractivity contribution in [2.75, 3.05) is 6.61 Å². The second-order valence-corrected chi connectivity index (χ2v) is 4.53. The van der Waals surface area contributed by atoms with Crippen molar-refractivity contribution in [1.82, 2.24) is 4.98 Å². The number of aromatic nitrogens is 1. The van der Waals surface area contributed by atoms with Crippen LogP contribution in [0, 0.1) is 0 Å². The fraction of sp³-hybridized carbons (Fsp3) is 0.200. The summed E-state index contributed by atoms with van der Waals surface area (Å²) in [5, 5.41) is 9.70. The molecule has 0 saturated heterocycles. The maximum atomic E-state index is 11.3. The lowest BCUT2D eigenvalue weighted by Crippen LogP contribution is -2.06. The minimum absolute atomic E-state index is 0.0473. The van der Waals surface area contributed by atoms with Crippen molar-refractivity contribution in [2.45, 2.75) is 13.5 Å². The molecule has 5 nitrogen and oxygen atoms in total. The first-order valence-electron chi connectivity index (χ1n) is 6.33. The van der Waals surface area contributed by atoms with Crippen LogP contribution < -0.4 is 9.47 Å². The van der Waals surface area contributed by atoms with Crippen molar-refractivity contribution in [1.29, 1.82) is 0 Å². The van der Waals surface area contributed by atoms with Crippen molar-refractivity contribution >= 4 is 17.6 Å². The van der Waals surface area contributed by atoms with Crippen molar-refractivity contribution in [3.05, 3.63) is 52.8 Å². The first-order chi connectivity index (χ1) is 10.1. The van der Waals surface area contributed by atoms with E-state index in [1.165, 1.54) is 12.3 Å². The molecule has 0 aliphatic rings. The van der Waals surface area contributed by atoms with Gasteiger partial charge in [0.25, 0.3) is 0 Å². The van der Waals surface area contributed by atoms with E-state index >= 15 is 0 Å². The fourth-order valence-corrected chi connectivity index (χ4v) is 1.95. The van der Waals surface area contributed by atoms with Crippen molar-refractivity contribution < 1.29 is 19.4 Å². The molecule has 0 aliphatic heterocycles. The van der Waals surface area contributed by atoms with Gasteiger partial charge in [0.2, 0.25) is 0 Å². The molecule has 2 rings (SSSR count). The number of aromatic carboxylic acids is 1. The van der Waals surface area contributed by atoms with Gasteiger partial charge >= 0.3 is 5.97 Å². The highest BCUT2D eigenvalue weighted by molar-refractivity contribution is 6.31. The number of hydrogen-bond donors (Lipinski definition) is 1. The Morgan fingerprint density at radius 1 is 1.33 bits per heavy atom. The standard InChI is InChI=1S/C15H14ClNO4/c1-2-20-13-5-3-4-11(15(18)19)14(13)21-9-10-6-7-17-8-12(10)16/h3-8H,2,9H2,1H3,(H,18,19). The van der Waals surface area contributed by atoms with E-state index in [9.17, 15) is 9.90 Å². The van der Waals surface area contributed by atoms with Crippen LogP contribution in [0.15, 0.2) is 36.7 Å². The summed E-state index contributed by atoms with van der Waals surface area (Å²) in [6.45, 7) is 2.36. The van der Waals surface area contributed by atoms with Gasteiger partial charge in [0, 0.05) is 18.0 Å². The van der Waals surface area contributed by atoms with Crippen LogP contribution in [0.1, 0.15) is 22.8 Å². The first-order valence-corrected chi connectivity index (χ1v) is 6.71. The summed E-state index contributed by atoms with van der Waals surface area (Å²) in [5.74, 6) is -0.491. The Bertz CT molecular complexity index is 645. The number of ether oxygens (including phenoxy) is 2. The van der Waals surface area contributed by atoms with Crippen molar-refractivity contribution in [3.63, 3.8) is 0 Å². The van der Waals surface area contributed by atoms with Crippen LogP contribution in [-0.2, 0) is 6.61 Å². The third-order valence-corrected chi connectivity index (χ3v) is 3.08. The molecule has 0 unspecified atom stereocenters. The zero-order valence-electron chi connectivity index (χ0n) is 11.4. The maximum absolute atomic E-state index is 11.3. The molecule has 2 aromatic rings. The van der Waals surface area contributed by atoms with E-state index in [2.05, 4.69) is 4.98 Å². The average Bonchev–Trinajstić information content (AvgIpc) is 2.47. The summed E-state index contributed by atoms with van der Waals surface area (Å²) in [7, 11) is 0. The van der Waals surface area contributed by atoms with Gasteiger partial charge in [0.1, 0.15) is 12.2 Å². The number of carbonyl (C=O) groups is 1. The van der Waals surface area contributed by atoms with E-state index in [0.717, 1.165) is 0 Å². The zero-order valence-corrected chi connectivity index (χ0v) is 12.1. The molecule has 1 aromatic carbocycles. The SMILES string of the molecule is CCOc1cccc(C(=O)O)c1OCc1ccncc1Cl. The van der Waals surface area contributed by atoms with Gasteiger partial charge in [-0.15, -0.1) is 0 Å².